The van der Waals surface area contributed by atoms with Gasteiger partial charge in [-0.15, -0.1) is 12.4 Å². The zero-order chi connectivity index (χ0) is 24.8. The van der Waals surface area contributed by atoms with E-state index in [9.17, 15) is 14.7 Å². The molecule has 1 amide bonds. The first-order valence-corrected chi connectivity index (χ1v) is 12.6. The highest BCUT2D eigenvalue weighted by Crippen LogP contribution is 2.41. The summed E-state index contributed by atoms with van der Waals surface area (Å²) in [5.41, 5.74) is 1.80. The molecular formula is C26H37ClN4O5. The van der Waals surface area contributed by atoms with E-state index in [1.165, 1.54) is 12.8 Å². The van der Waals surface area contributed by atoms with Crippen molar-refractivity contribution in [2.24, 2.45) is 0 Å². The number of hydrogen-bond acceptors (Lipinski definition) is 6. The molecule has 1 saturated heterocycles. The van der Waals surface area contributed by atoms with Crippen molar-refractivity contribution in [1.29, 1.82) is 0 Å². The fourth-order valence-electron chi connectivity index (χ4n) is 5.26. The van der Waals surface area contributed by atoms with Crippen molar-refractivity contribution < 1.29 is 24.2 Å². The second-order valence-electron chi connectivity index (χ2n) is 9.44. The number of aromatic nitrogens is 2. The number of carboxylic acid groups (broad SMARTS) is 1. The zero-order valence-electron chi connectivity index (χ0n) is 21.1. The monoisotopic (exact) mass is 520 g/mol. The molecule has 0 bridgehead atoms. The number of carbonyl (C=O) groups excluding carboxylic acids is 1. The van der Waals surface area contributed by atoms with Gasteiger partial charge in [-0.2, -0.15) is 5.10 Å². The van der Waals surface area contributed by atoms with Crippen LogP contribution in [0.2, 0.25) is 0 Å². The van der Waals surface area contributed by atoms with E-state index in [0.29, 0.717) is 17.9 Å². The number of amides is 1. The van der Waals surface area contributed by atoms with E-state index >= 15 is 0 Å². The molecule has 1 atom stereocenters. The Hall–Kier alpha value is -2.78. The Labute approximate surface area is 218 Å². The number of aliphatic carboxylic acids is 1. The van der Waals surface area contributed by atoms with Crippen LogP contribution in [0.15, 0.2) is 24.3 Å². The number of carboxylic acids is 1. The van der Waals surface area contributed by atoms with Gasteiger partial charge in [0.25, 0.3) is 5.91 Å². The normalized spacial score (nSPS) is 16.9. The van der Waals surface area contributed by atoms with Crippen LogP contribution in [0.3, 0.4) is 0 Å². The molecule has 1 saturated carbocycles. The number of hydrogen-bond donors (Lipinski definition) is 2. The number of benzene rings is 1. The van der Waals surface area contributed by atoms with E-state index in [4.69, 9.17) is 14.6 Å². The number of methoxy groups -OCH3 is 2. The number of rotatable bonds is 11. The fourth-order valence-corrected chi connectivity index (χ4v) is 5.26. The quantitative estimate of drug-likeness (QED) is 0.458. The van der Waals surface area contributed by atoms with Gasteiger partial charge in [0.05, 0.1) is 37.9 Å². The fraction of sp³-hybridized carbons (Fsp3) is 0.577. The Morgan fingerprint density at radius 1 is 1.11 bits per heavy atom. The third-order valence-corrected chi connectivity index (χ3v) is 7.07. The molecule has 198 valence electrons. The van der Waals surface area contributed by atoms with Crippen molar-refractivity contribution in [3.05, 3.63) is 30.0 Å². The Bertz CT molecular complexity index is 1010. The van der Waals surface area contributed by atoms with Crippen molar-refractivity contribution in [3.63, 3.8) is 0 Å². The molecule has 0 spiro atoms. The maximum absolute atomic E-state index is 13.3. The number of ether oxygens (including phenoxy) is 2. The Morgan fingerprint density at radius 2 is 1.75 bits per heavy atom. The minimum absolute atomic E-state index is 0. The molecule has 4 rings (SSSR count). The minimum Gasteiger partial charge on any atom is -0.496 e. The first-order chi connectivity index (χ1) is 17.0. The molecule has 1 aromatic carbocycles. The number of halogens is 1. The molecule has 9 nitrogen and oxygen atoms in total. The molecule has 36 heavy (non-hydrogen) atoms. The van der Waals surface area contributed by atoms with E-state index < -0.39 is 12.0 Å². The van der Waals surface area contributed by atoms with E-state index in [2.05, 4.69) is 10.2 Å². The van der Waals surface area contributed by atoms with Crippen molar-refractivity contribution in [1.82, 2.24) is 20.0 Å². The third-order valence-electron chi connectivity index (χ3n) is 7.07. The Morgan fingerprint density at radius 3 is 2.33 bits per heavy atom. The van der Waals surface area contributed by atoms with E-state index in [1.807, 2.05) is 22.9 Å². The van der Waals surface area contributed by atoms with Gasteiger partial charge in [-0.25, -0.2) is 0 Å². The van der Waals surface area contributed by atoms with Crippen LogP contribution in [0.5, 0.6) is 11.5 Å². The Kier molecular flexibility index (Phi) is 10.0. The van der Waals surface area contributed by atoms with E-state index in [-0.39, 0.29) is 36.5 Å². The van der Waals surface area contributed by atoms with Gasteiger partial charge in [0.1, 0.15) is 11.5 Å². The first-order valence-electron chi connectivity index (χ1n) is 12.6. The van der Waals surface area contributed by atoms with Crippen LogP contribution in [0.4, 0.5) is 0 Å². The number of carbonyl (C=O) groups is 2. The summed E-state index contributed by atoms with van der Waals surface area (Å²) in [6, 6.07) is 7.09. The van der Waals surface area contributed by atoms with E-state index in [0.717, 1.165) is 56.6 Å². The summed E-state index contributed by atoms with van der Waals surface area (Å²) < 4.78 is 13.2. The maximum atomic E-state index is 13.3. The molecule has 1 aliphatic heterocycles. The number of nitrogens with zero attached hydrogens (tertiary/aromatic N) is 3. The highest BCUT2D eigenvalue weighted by molar-refractivity contribution is 5.94. The molecule has 10 heteroatoms. The van der Waals surface area contributed by atoms with Gasteiger partial charge in [0.15, 0.2) is 5.69 Å². The summed E-state index contributed by atoms with van der Waals surface area (Å²) in [6.07, 6.45) is 7.03. The topological polar surface area (TPSA) is 106 Å². The number of nitrogens with one attached hydrogen (secondary N) is 1. The molecule has 2 heterocycles. The van der Waals surface area contributed by atoms with Gasteiger partial charge >= 0.3 is 5.97 Å². The predicted octanol–water partition coefficient (Wildman–Crippen LogP) is 4.16. The van der Waals surface area contributed by atoms with Crippen LogP contribution in [0.1, 0.15) is 67.9 Å². The lowest BCUT2D eigenvalue weighted by atomic mass is 10.1. The molecule has 2 aromatic rings. The average molecular weight is 521 g/mol. The SMILES string of the molecule is COc1cccc(OC)c1-c1cc(C(=O)N[C@@H](CCN2CCCC2)CC(=O)O)nn1C1CCCC1.Cl. The summed E-state index contributed by atoms with van der Waals surface area (Å²) in [5, 5.41) is 17.1. The summed E-state index contributed by atoms with van der Waals surface area (Å²) >= 11 is 0. The average Bonchev–Trinajstić information content (AvgIpc) is 3.63. The zero-order valence-corrected chi connectivity index (χ0v) is 21.9. The van der Waals surface area contributed by atoms with Crippen molar-refractivity contribution in [2.75, 3.05) is 33.9 Å². The maximum Gasteiger partial charge on any atom is 0.305 e. The minimum atomic E-state index is -0.923. The van der Waals surface area contributed by atoms with Gasteiger partial charge in [-0.05, 0) is 63.4 Å². The molecule has 0 unspecified atom stereocenters. The summed E-state index contributed by atoms with van der Waals surface area (Å²) in [5.74, 6) is 0.00633. The predicted molar refractivity (Wildman–Crippen MR) is 139 cm³/mol. The summed E-state index contributed by atoms with van der Waals surface area (Å²) in [7, 11) is 3.22. The number of likely N-dealkylation sites (tertiary alicyclic amines) is 1. The molecule has 0 radical (unpaired) electrons. The van der Waals surface area contributed by atoms with Gasteiger partial charge in [-0.3, -0.25) is 14.3 Å². The summed E-state index contributed by atoms with van der Waals surface area (Å²) in [4.78, 5) is 27.1. The van der Waals surface area contributed by atoms with Crippen LogP contribution in [-0.4, -0.2) is 71.6 Å². The smallest absolute Gasteiger partial charge is 0.305 e. The molecule has 2 fully saturated rings. The molecule has 2 N–H and O–H groups in total. The molecular weight excluding hydrogens is 484 g/mol. The molecule has 2 aliphatic rings. The van der Waals surface area contributed by atoms with Gasteiger partial charge in [0.2, 0.25) is 0 Å². The van der Waals surface area contributed by atoms with Crippen molar-refractivity contribution in [3.8, 4) is 22.8 Å². The van der Waals surface area contributed by atoms with Crippen LogP contribution in [0, 0.1) is 0 Å². The van der Waals surface area contributed by atoms with Crippen LogP contribution in [0.25, 0.3) is 11.3 Å². The van der Waals surface area contributed by atoms with Crippen molar-refractivity contribution >= 4 is 24.3 Å². The molecule has 1 aliphatic carbocycles. The largest absolute Gasteiger partial charge is 0.496 e. The first kappa shape index (κ1) is 27.8. The highest BCUT2D eigenvalue weighted by Gasteiger charge is 2.28. The lowest BCUT2D eigenvalue weighted by Gasteiger charge is -2.20. The van der Waals surface area contributed by atoms with Gasteiger partial charge < -0.3 is 24.8 Å². The second kappa shape index (κ2) is 13.0. The standard InChI is InChI=1S/C26H36N4O5.ClH/c1-34-22-10-7-11-23(35-2)25(22)21-17-20(28-30(21)19-8-3-4-9-19)26(33)27-18(16-24(31)32)12-15-29-13-5-6-14-29;/h7,10-11,17-19H,3-6,8-9,12-16H2,1-2H3,(H,27,33)(H,31,32);1H/t18-;/m0./s1. The van der Waals surface area contributed by atoms with Crippen LogP contribution < -0.4 is 14.8 Å². The van der Waals surface area contributed by atoms with Crippen molar-refractivity contribution in [2.45, 2.75) is 63.5 Å². The third kappa shape index (κ3) is 6.50. The van der Waals surface area contributed by atoms with Gasteiger partial charge in [-0.1, -0.05) is 18.9 Å². The Balaban J connectivity index is 0.00000361. The lowest BCUT2D eigenvalue weighted by Crippen LogP contribution is -2.39. The van der Waals surface area contributed by atoms with E-state index in [1.54, 1.807) is 20.3 Å². The van der Waals surface area contributed by atoms with Crippen LogP contribution >= 0.6 is 12.4 Å². The second-order valence-corrected chi connectivity index (χ2v) is 9.44. The lowest BCUT2D eigenvalue weighted by molar-refractivity contribution is -0.137. The summed E-state index contributed by atoms with van der Waals surface area (Å²) in [6.45, 7) is 2.84. The highest BCUT2D eigenvalue weighted by atomic mass is 35.5. The van der Waals surface area contributed by atoms with Gasteiger partial charge in [0, 0.05) is 12.6 Å². The molecule has 1 aromatic heterocycles. The van der Waals surface area contributed by atoms with Crippen LogP contribution in [-0.2, 0) is 4.79 Å².